The Morgan fingerprint density at radius 2 is 2.06 bits per heavy atom. The predicted octanol–water partition coefficient (Wildman–Crippen LogP) is 3.84. The molecule has 32 heavy (non-hydrogen) atoms. The van der Waals surface area contributed by atoms with Crippen molar-refractivity contribution in [2.45, 2.75) is 37.6 Å². The van der Waals surface area contributed by atoms with Crippen LogP contribution in [0.3, 0.4) is 0 Å². The number of carbonyl (C=O) groups is 1. The Kier molecular flexibility index (Phi) is 7.12. The highest BCUT2D eigenvalue weighted by Crippen LogP contribution is 2.22. The number of aromatic nitrogens is 2. The number of aryl methyl sites for hydroxylation is 1. The lowest BCUT2D eigenvalue weighted by Crippen LogP contribution is -2.29. The van der Waals surface area contributed by atoms with Crippen molar-refractivity contribution in [2.75, 3.05) is 26.1 Å². The second-order valence-electron chi connectivity index (χ2n) is 7.68. The molecular weight excluding hydrogens is 428 g/mol. The summed E-state index contributed by atoms with van der Waals surface area (Å²) in [6.45, 7) is 3.69. The van der Waals surface area contributed by atoms with Crippen LogP contribution in [0.1, 0.15) is 28.8 Å². The topological polar surface area (TPSA) is 79.7 Å². The number of ether oxygens (including phenoxy) is 3. The zero-order chi connectivity index (χ0) is 22.5. The molecule has 1 fully saturated rings. The van der Waals surface area contributed by atoms with E-state index in [1.54, 1.807) is 22.8 Å². The Labute approximate surface area is 190 Å². The minimum Gasteiger partial charge on any atom is -0.493 e. The molecule has 3 aromatic rings. The standard InChI is InChI=1S/C24H26N2O5S/c1-16-5-8-18(9-6-16)31-12-13-32-24-25-21-14-17(23(28)29-2)7-10-20(21)22(27)26(24)15-19-4-3-11-30-19/h5-10,14,19H,3-4,11-13,15H2,1-2H3. The monoisotopic (exact) mass is 454 g/mol. The van der Waals surface area contributed by atoms with Gasteiger partial charge in [0.1, 0.15) is 5.75 Å². The number of benzene rings is 2. The molecule has 7 nitrogen and oxygen atoms in total. The van der Waals surface area contributed by atoms with Crippen molar-refractivity contribution in [3.8, 4) is 5.75 Å². The van der Waals surface area contributed by atoms with E-state index in [1.165, 1.54) is 24.4 Å². The zero-order valence-electron chi connectivity index (χ0n) is 18.2. The molecule has 4 rings (SSSR count). The van der Waals surface area contributed by atoms with Gasteiger partial charge in [0.25, 0.3) is 5.56 Å². The summed E-state index contributed by atoms with van der Waals surface area (Å²) in [5.74, 6) is 0.966. The van der Waals surface area contributed by atoms with Crippen LogP contribution in [0.2, 0.25) is 0 Å². The lowest BCUT2D eigenvalue weighted by atomic mass is 10.1. The number of rotatable bonds is 8. The molecule has 1 unspecified atom stereocenters. The SMILES string of the molecule is COC(=O)c1ccc2c(=O)n(CC3CCCO3)c(SCCOc3ccc(C)cc3)nc2c1. The van der Waals surface area contributed by atoms with Crippen LogP contribution in [0, 0.1) is 6.92 Å². The first-order valence-corrected chi connectivity index (χ1v) is 11.6. The van der Waals surface area contributed by atoms with Gasteiger partial charge >= 0.3 is 5.97 Å². The van der Waals surface area contributed by atoms with Crippen LogP contribution in [0.4, 0.5) is 0 Å². The summed E-state index contributed by atoms with van der Waals surface area (Å²) in [4.78, 5) is 29.9. The van der Waals surface area contributed by atoms with Gasteiger partial charge in [-0.25, -0.2) is 9.78 Å². The second kappa shape index (κ2) is 10.2. The average molecular weight is 455 g/mol. The van der Waals surface area contributed by atoms with Crippen molar-refractivity contribution in [1.82, 2.24) is 9.55 Å². The molecular formula is C24H26N2O5S. The lowest BCUT2D eigenvalue weighted by molar-refractivity contribution is 0.0601. The maximum Gasteiger partial charge on any atom is 0.337 e. The summed E-state index contributed by atoms with van der Waals surface area (Å²) in [6, 6.07) is 12.7. The summed E-state index contributed by atoms with van der Waals surface area (Å²) in [7, 11) is 1.33. The van der Waals surface area contributed by atoms with Crippen molar-refractivity contribution in [3.63, 3.8) is 0 Å². The third-order valence-corrected chi connectivity index (χ3v) is 6.30. The Bertz CT molecular complexity index is 1150. The van der Waals surface area contributed by atoms with Gasteiger partial charge in [0.2, 0.25) is 0 Å². The van der Waals surface area contributed by atoms with Gasteiger partial charge in [-0.05, 0) is 50.1 Å². The van der Waals surface area contributed by atoms with Crippen LogP contribution in [-0.4, -0.2) is 47.7 Å². The van der Waals surface area contributed by atoms with E-state index in [0.29, 0.717) is 40.5 Å². The van der Waals surface area contributed by atoms with Gasteiger partial charge in [-0.3, -0.25) is 9.36 Å². The molecule has 0 saturated carbocycles. The predicted molar refractivity (Wildman–Crippen MR) is 124 cm³/mol. The highest BCUT2D eigenvalue weighted by molar-refractivity contribution is 7.99. The van der Waals surface area contributed by atoms with Gasteiger partial charge in [0.05, 0.1) is 42.8 Å². The third kappa shape index (κ3) is 5.14. The van der Waals surface area contributed by atoms with E-state index in [4.69, 9.17) is 19.2 Å². The Morgan fingerprint density at radius 3 is 2.78 bits per heavy atom. The summed E-state index contributed by atoms with van der Waals surface area (Å²) in [5.41, 5.74) is 1.88. The first kappa shape index (κ1) is 22.4. The normalized spacial score (nSPS) is 15.8. The van der Waals surface area contributed by atoms with E-state index < -0.39 is 5.97 Å². The summed E-state index contributed by atoms with van der Waals surface area (Å²) < 4.78 is 18.1. The van der Waals surface area contributed by atoms with E-state index >= 15 is 0 Å². The number of nitrogens with zero attached hydrogens (tertiary/aromatic N) is 2. The second-order valence-corrected chi connectivity index (χ2v) is 8.74. The first-order chi connectivity index (χ1) is 15.5. The quantitative estimate of drug-likeness (QED) is 0.221. The fourth-order valence-corrected chi connectivity index (χ4v) is 4.46. The van der Waals surface area contributed by atoms with Gasteiger partial charge in [0.15, 0.2) is 5.16 Å². The molecule has 1 atom stereocenters. The Morgan fingerprint density at radius 1 is 1.25 bits per heavy atom. The van der Waals surface area contributed by atoms with Gasteiger partial charge in [-0.2, -0.15) is 0 Å². The summed E-state index contributed by atoms with van der Waals surface area (Å²) in [5, 5.41) is 1.06. The molecule has 2 aromatic carbocycles. The van der Waals surface area contributed by atoms with E-state index in [1.807, 2.05) is 31.2 Å². The fraction of sp³-hybridized carbons (Fsp3) is 0.375. The van der Waals surface area contributed by atoms with Gasteiger partial charge in [0, 0.05) is 12.4 Å². The van der Waals surface area contributed by atoms with Crippen LogP contribution in [0.25, 0.3) is 10.9 Å². The molecule has 0 N–H and O–H groups in total. The molecule has 1 aliphatic heterocycles. The Balaban J connectivity index is 1.58. The molecule has 168 valence electrons. The molecule has 1 aliphatic rings. The number of esters is 1. The van der Waals surface area contributed by atoms with Crippen molar-refractivity contribution in [3.05, 3.63) is 63.9 Å². The molecule has 0 spiro atoms. The van der Waals surface area contributed by atoms with Gasteiger partial charge in [-0.15, -0.1) is 0 Å². The average Bonchev–Trinajstić information content (AvgIpc) is 3.32. The van der Waals surface area contributed by atoms with Crippen molar-refractivity contribution in [1.29, 1.82) is 0 Å². The number of methoxy groups -OCH3 is 1. The van der Waals surface area contributed by atoms with E-state index in [-0.39, 0.29) is 11.7 Å². The fourth-order valence-electron chi connectivity index (χ4n) is 3.64. The van der Waals surface area contributed by atoms with Crippen LogP contribution >= 0.6 is 11.8 Å². The molecule has 1 saturated heterocycles. The molecule has 0 bridgehead atoms. The van der Waals surface area contributed by atoms with Crippen LogP contribution in [0.15, 0.2) is 52.4 Å². The molecule has 0 aliphatic carbocycles. The van der Waals surface area contributed by atoms with Crippen LogP contribution < -0.4 is 10.3 Å². The minimum absolute atomic E-state index is 0.00412. The number of thioether (sulfide) groups is 1. The lowest BCUT2D eigenvalue weighted by Gasteiger charge is -2.17. The smallest absolute Gasteiger partial charge is 0.337 e. The number of fused-ring (bicyclic) bond motifs is 1. The zero-order valence-corrected chi connectivity index (χ0v) is 19.0. The molecule has 1 aromatic heterocycles. The maximum atomic E-state index is 13.3. The molecule has 8 heteroatoms. The number of hydrogen-bond donors (Lipinski definition) is 0. The number of hydrogen-bond acceptors (Lipinski definition) is 7. The van der Waals surface area contributed by atoms with Crippen LogP contribution in [-0.2, 0) is 16.0 Å². The Hall–Kier alpha value is -2.84. The van der Waals surface area contributed by atoms with E-state index in [2.05, 4.69) is 0 Å². The third-order valence-electron chi connectivity index (χ3n) is 5.36. The summed E-state index contributed by atoms with van der Waals surface area (Å²) >= 11 is 1.46. The largest absolute Gasteiger partial charge is 0.493 e. The molecule has 0 amide bonds. The molecule has 2 heterocycles. The van der Waals surface area contributed by atoms with Crippen molar-refractivity contribution in [2.24, 2.45) is 0 Å². The van der Waals surface area contributed by atoms with Crippen LogP contribution in [0.5, 0.6) is 5.75 Å². The van der Waals surface area contributed by atoms with Crippen molar-refractivity contribution < 1.29 is 19.0 Å². The van der Waals surface area contributed by atoms with Gasteiger partial charge < -0.3 is 14.2 Å². The van der Waals surface area contributed by atoms with Crippen molar-refractivity contribution >= 4 is 28.6 Å². The first-order valence-electron chi connectivity index (χ1n) is 10.6. The minimum atomic E-state index is -0.460. The van der Waals surface area contributed by atoms with E-state index in [9.17, 15) is 9.59 Å². The summed E-state index contributed by atoms with van der Waals surface area (Å²) in [6.07, 6.45) is 1.92. The highest BCUT2D eigenvalue weighted by atomic mass is 32.2. The number of carbonyl (C=O) groups excluding carboxylic acids is 1. The van der Waals surface area contributed by atoms with E-state index in [0.717, 1.165) is 25.2 Å². The molecule has 0 radical (unpaired) electrons. The van der Waals surface area contributed by atoms with Gasteiger partial charge in [-0.1, -0.05) is 29.5 Å². The maximum absolute atomic E-state index is 13.3. The highest BCUT2D eigenvalue weighted by Gasteiger charge is 2.21.